The SMILES string of the molecule is CC(C)NC(=O)NCc1ccc2c(c1)oc(=O)n2C. The molecule has 19 heavy (non-hydrogen) atoms. The highest BCUT2D eigenvalue weighted by Gasteiger charge is 2.07. The number of hydrogen-bond acceptors (Lipinski definition) is 3. The number of urea groups is 1. The van der Waals surface area contributed by atoms with Gasteiger partial charge in [0.2, 0.25) is 0 Å². The summed E-state index contributed by atoms with van der Waals surface area (Å²) < 4.78 is 6.53. The second kappa shape index (κ2) is 5.17. The van der Waals surface area contributed by atoms with Gasteiger partial charge in [0.15, 0.2) is 5.58 Å². The van der Waals surface area contributed by atoms with Gasteiger partial charge in [0.1, 0.15) is 0 Å². The lowest BCUT2D eigenvalue weighted by Crippen LogP contribution is -2.39. The maximum absolute atomic E-state index is 11.4. The molecule has 2 rings (SSSR count). The maximum atomic E-state index is 11.4. The summed E-state index contributed by atoms with van der Waals surface area (Å²) in [5.41, 5.74) is 2.14. The number of rotatable bonds is 3. The lowest BCUT2D eigenvalue weighted by Gasteiger charge is -2.09. The molecule has 0 bridgehead atoms. The number of carbonyl (C=O) groups excluding carboxylic acids is 1. The van der Waals surface area contributed by atoms with E-state index in [1.54, 1.807) is 19.2 Å². The topological polar surface area (TPSA) is 76.3 Å². The summed E-state index contributed by atoms with van der Waals surface area (Å²) in [5.74, 6) is -0.391. The van der Waals surface area contributed by atoms with Crippen molar-refractivity contribution < 1.29 is 9.21 Å². The van der Waals surface area contributed by atoms with Crippen LogP contribution in [0.3, 0.4) is 0 Å². The summed E-state index contributed by atoms with van der Waals surface area (Å²) in [6.45, 7) is 4.17. The highest BCUT2D eigenvalue weighted by atomic mass is 16.4. The monoisotopic (exact) mass is 263 g/mol. The van der Waals surface area contributed by atoms with Gasteiger partial charge in [-0.3, -0.25) is 4.57 Å². The van der Waals surface area contributed by atoms with Crippen molar-refractivity contribution in [2.24, 2.45) is 7.05 Å². The Hall–Kier alpha value is -2.24. The predicted octanol–water partition coefficient (Wildman–Crippen LogP) is 1.34. The number of nitrogens with one attached hydrogen (secondary N) is 2. The fourth-order valence-electron chi connectivity index (χ4n) is 1.78. The molecule has 2 amide bonds. The van der Waals surface area contributed by atoms with Crippen LogP contribution in [-0.2, 0) is 13.6 Å². The van der Waals surface area contributed by atoms with E-state index in [9.17, 15) is 9.59 Å². The third-order valence-corrected chi connectivity index (χ3v) is 2.73. The Bertz CT molecular complexity index is 655. The van der Waals surface area contributed by atoms with Crippen LogP contribution in [0.25, 0.3) is 11.1 Å². The number of aromatic nitrogens is 1. The van der Waals surface area contributed by atoms with Gasteiger partial charge >= 0.3 is 11.8 Å². The van der Waals surface area contributed by atoms with E-state index >= 15 is 0 Å². The molecule has 0 saturated carbocycles. The Morgan fingerprint density at radius 2 is 2.16 bits per heavy atom. The average molecular weight is 263 g/mol. The number of benzene rings is 1. The van der Waals surface area contributed by atoms with Gasteiger partial charge in [-0.05, 0) is 31.5 Å². The third kappa shape index (κ3) is 2.96. The molecule has 1 heterocycles. The molecule has 2 aromatic rings. The first-order chi connectivity index (χ1) is 8.97. The third-order valence-electron chi connectivity index (χ3n) is 2.73. The van der Waals surface area contributed by atoms with Crippen molar-refractivity contribution >= 4 is 17.1 Å². The Balaban J connectivity index is 2.10. The lowest BCUT2D eigenvalue weighted by molar-refractivity contribution is 0.238. The summed E-state index contributed by atoms with van der Waals surface area (Å²) in [4.78, 5) is 22.8. The highest BCUT2D eigenvalue weighted by Crippen LogP contribution is 2.13. The van der Waals surface area contributed by atoms with Crippen LogP contribution in [0.15, 0.2) is 27.4 Å². The summed E-state index contributed by atoms with van der Waals surface area (Å²) in [5, 5.41) is 5.48. The van der Waals surface area contributed by atoms with Crippen LogP contribution in [0.1, 0.15) is 19.4 Å². The van der Waals surface area contributed by atoms with Crippen molar-refractivity contribution in [2.75, 3.05) is 0 Å². The zero-order chi connectivity index (χ0) is 14.0. The number of carbonyl (C=O) groups is 1. The van der Waals surface area contributed by atoms with Gasteiger partial charge in [0.25, 0.3) is 0 Å². The summed E-state index contributed by atoms with van der Waals surface area (Å²) in [7, 11) is 1.65. The number of nitrogens with zero attached hydrogens (tertiary/aromatic N) is 1. The molecule has 0 unspecified atom stereocenters. The molecule has 1 aromatic carbocycles. The van der Waals surface area contributed by atoms with Crippen LogP contribution in [0.5, 0.6) is 0 Å². The van der Waals surface area contributed by atoms with Crippen LogP contribution >= 0.6 is 0 Å². The number of oxazole rings is 1. The minimum atomic E-state index is -0.391. The fraction of sp³-hybridized carbons (Fsp3) is 0.385. The van der Waals surface area contributed by atoms with E-state index in [0.29, 0.717) is 12.1 Å². The molecule has 0 aliphatic rings. The van der Waals surface area contributed by atoms with Crippen LogP contribution < -0.4 is 16.4 Å². The molecule has 2 N–H and O–H groups in total. The molecule has 1 aromatic heterocycles. The maximum Gasteiger partial charge on any atom is 0.419 e. The molecule has 0 saturated heterocycles. The van der Waals surface area contributed by atoms with E-state index in [-0.39, 0.29) is 12.1 Å². The van der Waals surface area contributed by atoms with E-state index in [1.807, 2.05) is 19.9 Å². The highest BCUT2D eigenvalue weighted by molar-refractivity contribution is 5.75. The molecule has 0 radical (unpaired) electrons. The zero-order valence-electron chi connectivity index (χ0n) is 11.2. The van der Waals surface area contributed by atoms with Gasteiger partial charge in [-0.2, -0.15) is 0 Å². The van der Waals surface area contributed by atoms with Crippen LogP contribution in [-0.4, -0.2) is 16.6 Å². The van der Waals surface area contributed by atoms with Crippen LogP contribution in [0.2, 0.25) is 0 Å². The molecule has 6 nitrogen and oxygen atoms in total. The second-order valence-electron chi connectivity index (χ2n) is 4.71. The van der Waals surface area contributed by atoms with Crippen molar-refractivity contribution in [1.29, 1.82) is 0 Å². The van der Waals surface area contributed by atoms with Gasteiger partial charge in [0, 0.05) is 19.6 Å². The minimum Gasteiger partial charge on any atom is -0.408 e. The molecule has 102 valence electrons. The molecule has 6 heteroatoms. The largest absolute Gasteiger partial charge is 0.419 e. The first-order valence-corrected chi connectivity index (χ1v) is 6.10. The van der Waals surface area contributed by atoms with Crippen LogP contribution in [0.4, 0.5) is 4.79 Å². The Kier molecular flexibility index (Phi) is 3.59. The Labute approximate surface area is 110 Å². The van der Waals surface area contributed by atoms with Crippen molar-refractivity contribution in [3.8, 4) is 0 Å². The zero-order valence-corrected chi connectivity index (χ0v) is 11.2. The van der Waals surface area contributed by atoms with Crippen molar-refractivity contribution in [3.63, 3.8) is 0 Å². The number of hydrogen-bond donors (Lipinski definition) is 2. The Morgan fingerprint density at radius 1 is 1.42 bits per heavy atom. The lowest BCUT2D eigenvalue weighted by atomic mass is 10.2. The molecular weight excluding hydrogens is 246 g/mol. The smallest absolute Gasteiger partial charge is 0.408 e. The minimum absolute atomic E-state index is 0.0922. The van der Waals surface area contributed by atoms with Crippen molar-refractivity contribution in [2.45, 2.75) is 26.4 Å². The van der Waals surface area contributed by atoms with Crippen LogP contribution in [0, 0.1) is 0 Å². The van der Waals surface area contributed by atoms with Gasteiger partial charge in [0.05, 0.1) is 5.52 Å². The van der Waals surface area contributed by atoms with Gasteiger partial charge in [-0.15, -0.1) is 0 Å². The van der Waals surface area contributed by atoms with Crippen molar-refractivity contribution in [1.82, 2.24) is 15.2 Å². The number of amides is 2. The molecular formula is C13H17N3O3. The second-order valence-corrected chi connectivity index (χ2v) is 4.71. The molecule has 0 fully saturated rings. The van der Waals surface area contributed by atoms with Gasteiger partial charge in [-0.1, -0.05) is 6.07 Å². The first kappa shape index (κ1) is 13.2. The molecule has 0 aliphatic carbocycles. The number of fused-ring (bicyclic) bond motifs is 1. The van der Waals surface area contributed by atoms with Gasteiger partial charge < -0.3 is 15.1 Å². The normalized spacial score (nSPS) is 10.9. The van der Waals surface area contributed by atoms with E-state index < -0.39 is 5.76 Å². The summed E-state index contributed by atoms with van der Waals surface area (Å²) >= 11 is 0. The van der Waals surface area contributed by atoms with E-state index in [0.717, 1.165) is 11.1 Å². The summed E-state index contributed by atoms with van der Waals surface area (Å²) in [6, 6.07) is 5.29. The molecule has 0 aliphatic heterocycles. The van der Waals surface area contributed by atoms with Gasteiger partial charge in [-0.25, -0.2) is 9.59 Å². The first-order valence-electron chi connectivity index (χ1n) is 6.10. The standard InChI is InChI=1S/C13H17N3O3/c1-8(2)15-12(17)14-7-9-4-5-10-11(6-9)19-13(18)16(10)3/h4-6,8H,7H2,1-3H3,(H2,14,15,17). The predicted molar refractivity (Wildman–Crippen MR) is 72.0 cm³/mol. The average Bonchev–Trinajstić information content (AvgIpc) is 2.61. The fourth-order valence-corrected chi connectivity index (χ4v) is 1.78. The van der Waals surface area contributed by atoms with E-state index in [1.165, 1.54) is 4.57 Å². The molecule has 0 spiro atoms. The van der Waals surface area contributed by atoms with E-state index in [2.05, 4.69) is 10.6 Å². The quantitative estimate of drug-likeness (QED) is 0.877. The van der Waals surface area contributed by atoms with Crippen molar-refractivity contribution in [3.05, 3.63) is 34.3 Å². The number of aryl methyl sites for hydroxylation is 1. The van der Waals surface area contributed by atoms with E-state index in [4.69, 9.17) is 4.42 Å². The Morgan fingerprint density at radius 3 is 2.84 bits per heavy atom. The summed E-state index contributed by atoms with van der Waals surface area (Å²) in [6.07, 6.45) is 0. The molecule has 0 atom stereocenters.